The Kier molecular flexibility index (Phi) is 3.86. The largest absolute Gasteiger partial charge is 0.298 e. The Morgan fingerprint density at radius 2 is 1.93 bits per heavy atom. The lowest BCUT2D eigenvalue weighted by Crippen LogP contribution is -1.89. The molecule has 0 aliphatic rings. The van der Waals surface area contributed by atoms with Crippen molar-refractivity contribution in [2.24, 2.45) is 0 Å². The SMILES string of the molecule is C=CCC(=C)Cc1ccc(C=O)cc1. The van der Waals surface area contributed by atoms with Crippen molar-refractivity contribution in [3.05, 3.63) is 60.2 Å². The first kappa shape index (κ1) is 10.5. The number of hydrogen-bond donors (Lipinski definition) is 0. The van der Waals surface area contributed by atoms with Gasteiger partial charge < -0.3 is 0 Å². The Hall–Kier alpha value is -1.63. The monoisotopic (exact) mass is 186 g/mol. The molecule has 0 N–H and O–H groups in total. The van der Waals surface area contributed by atoms with Gasteiger partial charge in [-0.1, -0.05) is 42.5 Å². The van der Waals surface area contributed by atoms with Gasteiger partial charge in [-0.15, -0.1) is 6.58 Å². The van der Waals surface area contributed by atoms with E-state index < -0.39 is 0 Å². The maximum Gasteiger partial charge on any atom is 0.150 e. The summed E-state index contributed by atoms with van der Waals surface area (Å²) >= 11 is 0. The van der Waals surface area contributed by atoms with Crippen LogP contribution in [-0.2, 0) is 6.42 Å². The Morgan fingerprint density at radius 3 is 2.43 bits per heavy atom. The van der Waals surface area contributed by atoms with Crippen molar-refractivity contribution in [2.75, 3.05) is 0 Å². The molecule has 0 aliphatic heterocycles. The van der Waals surface area contributed by atoms with Crippen molar-refractivity contribution < 1.29 is 4.79 Å². The Morgan fingerprint density at radius 1 is 1.29 bits per heavy atom. The summed E-state index contributed by atoms with van der Waals surface area (Å²) in [7, 11) is 0. The third-order valence-corrected chi connectivity index (χ3v) is 2.00. The molecule has 0 atom stereocenters. The summed E-state index contributed by atoms with van der Waals surface area (Å²) in [6, 6.07) is 7.56. The summed E-state index contributed by atoms with van der Waals surface area (Å²) in [6.45, 7) is 7.60. The molecule has 0 aliphatic carbocycles. The highest BCUT2D eigenvalue weighted by molar-refractivity contribution is 5.74. The molecule has 0 spiro atoms. The van der Waals surface area contributed by atoms with Gasteiger partial charge in [0.2, 0.25) is 0 Å². The molecule has 0 unspecified atom stereocenters. The minimum atomic E-state index is 0.711. The molecule has 0 aromatic heterocycles. The third-order valence-electron chi connectivity index (χ3n) is 2.00. The van der Waals surface area contributed by atoms with Gasteiger partial charge >= 0.3 is 0 Å². The van der Waals surface area contributed by atoms with Crippen LogP contribution in [0.3, 0.4) is 0 Å². The summed E-state index contributed by atoms with van der Waals surface area (Å²) in [5, 5.41) is 0. The number of carbonyl (C=O) groups is 1. The zero-order valence-corrected chi connectivity index (χ0v) is 8.20. The molecule has 0 heterocycles. The van der Waals surface area contributed by atoms with Crippen molar-refractivity contribution >= 4 is 6.29 Å². The Bertz CT molecular complexity index is 333. The van der Waals surface area contributed by atoms with Gasteiger partial charge in [0.1, 0.15) is 6.29 Å². The molecule has 0 amide bonds. The predicted octanol–water partition coefficient (Wildman–Crippen LogP) is 3.17. The molecule has 14 heavy (non-hydrogen) atoms. The average Bonchev–Trinajstić information content (AvgIpc) is 2.19. The van der Waals surface area contributed by atoms with E-state index in [1.807, 2.05) is 30.3 Å². The van der Waals surface area contributed by atoms with Crippen LogP contribution in [0, 0.1) is 0 Å². The van der Waals surface area contributed by atoms with Gasteiger partial charge in [0.25, 0.3) is 0 Å². The number of rotatable bonds is 5. The van der Waals surface area contributed by atoms with E-state index in [9.17, 15) is 4.79 Å². The second-order valence-electron chi connectivity index (χ2n) is 3.28. The van der Waals surface area contributed by atoms with E-state index in [0.717, 1.165) is 24.7 Å². The lowest BCUT2D eigenvalue weighted by molar-refractivity contribution is 0.112. The lowest BCUT2D eigenvalue weighted by Gasteiger charge is -2.02. The smallest absolute Gasteiger partial charge is 0.150 e. The standard InChI is InChI=1S/C13H14O/c1-3-4-11(2)9-12-5-7-13(10-14)8-6-12/h3,5-8,10H,1-2,4,9H2. The second-order valence-corrected chi connectivity index (χ2v) is 3.28. The van der Waals surface area contributed by atoms with Gasteiger partial charge in [-0.2, -0.15) is 0 Å². The minimum absolute atomic E-state index is 0.711. The van der Waals surface area contributed by atoms with E-state index in [1.54, 1.807) is 0 Å². The van der Waals surface area contributed by atoms with Crippen LogP contribution in [0.1, 0.15) is 22.3 Å². The summed E-state index contributed by atoms with van der Waals surface area (Å²) in [4.78, 5) is 10.4. The highest BCUT2D eigenvalue weighted by atomic mass is 16.1. The topological polar surface area (TPSA) is 17.1 Å². The fourth-order valence-electron chi connectivity index (χ4n) is 1.28. The van der Waals surface area contributed by atoms with Gasteiger partial charge in [0.05, 0.1) is 0 Å². The van der Waals surface area contributed by atoms with Crippen molar-refractivity contribution in [1.82, 2.24) is 0 Å². The van der Waals surface area contributed by atoms with E-state index in [4.69, 9.17) is 0 Å². The Balaban J connectivity index is 2.63. The fourth-order valence-corrected chi connectivity index (χ4v) is 1.28. The van der Waals surface area contributed by atoms with E-state index >= 15 is 0 Å². The molecule has 1 aromatic carbocycles. The van der Waals surface area contributed by atoms with E-state index in [0.29, 0.717) is 5.56 Å². The molecular weight excluding hydrogens is 172 g/mol. The molecule has 1 nitrogen and oxygen atoms in total. The van der Waals surface area contributed by atoms with Gasteiger partial charge in [-0.25, -0.2) is 0 Å². The summed E-state index contributed by atoms with van der Waals surface area (Å²) in [6.07, 6.45) is 4.39. The number of hydrogen-bond acceptors (Lipinski definition) is 1. The van der Waals surface area contributed by atoms with E-state index in [1.165, 1.54) is 5.56 Å². The fraction of sp³-hybridized carbons (Fsp3) is 0.154. The highest BCUT2D eigenvalue weighted by Crippen LogP contribution is 2.10. The first-order valence-corrected chi connectivity index (χ1v) is 4.58. The van der Waals surface area contributed by atoms with Gasteiger partial charge in [0.15, 0.2) is 0 Å². The minimum Gasteiger partial charge on any atom is -0.298 e. The van der Waals surface area contributed by atoms with Crippen molar-refractivity contribution in [1.29, 1.82) is 0 Å². The first-order chi connectivity index (χ1) is 6.76. The molecule has 1 heteroatoms. The molecule has 0 radical (unpaired) electrons. The lowest BCUT2D eigenvalue weighted by atomic mass is 10.0. The quantitative estimate of drug-likeness (QED) is 0.510. The average molecular weight is 186 g/mol. The zero-order valence-electron chi connectivity index (χ0n) is 8.20. The van der Waals surface area contributed by atoms with Crippen LogP contribution in [0.25, 0.3) is 0 Å². The molecule has 1 rings (SSSR count). The van der Waals surface area contributed by atoms with Crippen molar-refractivity contribution in [2.45, 2.75) is 12.8 Å². The number of aldehydes is 1. The maximum atomic E-state index is 10.4. The second kappa shape index (κ2) is 5.18. The van der Waals surface area contributed by atoms with Gasteiger partial charge in [-0.3, -0.25) is 4.79 Å². The predicted molar refractivity (Wildman–Crippen MR) is 59.5 cm³/mol. The van der Waals surface area contributed by atoms with Crippen molar-refractivity contribution in [3.8, 4) is 0 Å². The summed E-state index contributed by atoms with van der Waals surface area (Å²) in [5.41, 5.74) is 3.03. The van der Waals surface area contributed by atoms with Crippen LogP contribution in [0.5, 0.6) is 0 Å². The molecule has 1 aromatic rings. The third kappa shape index (κ3) is 3.02. The highest BCUT2D eigenvalue weighted by Gasteiger charge is 1.96. The number of allylic oxidation sites excluding steroid dienone is 2. The molecule has 0 bridgehead atoms. The Labute approximate surface area is 84.8 Å². The summed E-state index contributed by atoms with van der Waals surface area (Å²) < 4.78 is 0. The molecular formula is C13H14O. The van der Waals surface area contributed by atoms with Crippen LogP contribution >= 0.6 is 0 Å². The molecule has 72 valence electrons. The van der Waals surface area contributed by atoms with Crippen LogP contribution in [-0.4, -0.2) is 6.29 Å². The number of carbonyl (C=O) groups excluding carboxylic acids is 1. The van der Waals surface area contributed by atoms with E-state index in [2.05, 4.69) is 13.2 Å². The van der Waals surface area contributed by atoms with Gasteiger partial charge in [0, 0.05) is 5.56 Å². The normalized spacial score (nSPS) is 9.43. The van der Waals surface area contributed by atoms with Crippen molar-refractivity contribution in [3.63, 3.8) is 0 Å². The van der Waals surface area contributed by atoms with Crippen LogP contribution in [0.2, 0.25) is 0 Å². The molecule has 0 saturated carbocycles. The number of benzene rings is 1. The van der Waals surface area contributed by atoms with Crippen LogP contribution in [0.15, 0.2) is 49.1 Å². The molecule has 0 fully saturated rings. The zero-order chi connectivity index (χ0) is 10.4. The maximum absolute atomic E-state index is 10.4. The van der Waals surface area contributed by atoms with Crippen LogP contribution in [0.4, 0.5) is 0 Å². The van der Waals surface area contributed by atoms with E-state index in [-0.39, 0.29) is 0 Å². The summed E-state index contributed by atoms with van der Waals surface area (Å²) in [5.74, 6) is 0. The molecule has 0 saturated heterocycles. The first-order valence-electron chi connectivity index (χ1n) is 4.58. The van der Waals surface area contributed by atoms with Gasteiger partial charge in [-0.05, 0) is 18.4 Å². The van der Waals surface area contributed by atoms with Crippen LogP contribution < -0.4 is 0 Å².